The zero-order valence-electron chi connectivity index (χ0n) is 10.6. The smallest absolute Gasteiger partial charge is 0.251 e. The molecule has 0 fully saturated rings. The van der Waals surface area contributed by atoms with Crippen LogP contribution in [0.2, 0.25) is 0 Å². The minimum Gasteiger partial charge on any atom is -0.351 e. The molecule has 94 valence electrons. The molecule has 1 amide bonds. The van der Waals surface area contributed by atoms with Crippen molar-refractivity contribution < 1.29 is 4.79 Å². The van der Waals surface area contributed by atoms with Crippen LogP contribution in [0.15, 0.2) is 42.5 Å². The molecule has 2 rings (SSSR count). The molecule has 0 heterocycles. The number of carbonyl (C=O) groups excluding carboxylic acids is 1. The van der Waals surface area contributed by atoms with Crippen molar-refractivity contribution in [2.24, 2.45) is 0 Å². The highest BCUT2D eigenvalue weighted by atomic mass is 32.1. The summed E-state index contributed by atoms with van der Waals surface area (Å²) in [4.78, 5) is 12.2. The molecule has 18 heavy (non-hydrogen) atoms. The highest BCUT2D eigenvalue weighted by molar-refractivity contribution is 7.81. The molecular weight excluding hydrogens is 242 g/mol. The third kappa shape index (κ3) is 3.05. The molecule has 0 aliphatic heterocycles. The molecule has 0 radical (unpaired) electrons. The molecule has 0 bridgehead atoms. The maximum Gasteiger partial charge on any atom is 0.251 e. The van der Waals surface area contributed by atoms with E-state index in [1.807, 2.05) is 56.3 Å². The van der Waals surface area contributed by atoms with Crippen LogP contribution < -0.4 is 5.32 Å². The summed E-state index contributed by atoms with van der Waals surface area (Å²) in [5.41, 5.74) is 0.714. The SMILES string of the molecule is CC(C)(S)CNC(=O)c1cccc2ccccc12. The van der Waals surface area contributed by atoms with Gasteiger partial charge in [0.1, 0.15) is 0 Å². The number of nitrogens with one attached hydrogen (secondary N) is 1. The molecule has 0 unspecified atom stereocenters. The second-order valence-corrected chi connectivity index (χ2v) is 6.23. The van der Waals surface area contributed by atoms with Gasteiger partial charge in [0.25, 0.3) is 5.91 Å². The van der Waals surface area contributed by atoms with Crippen LogP contribution >= 0.6 is 12.6 Å². The minimum absolute atomic E-state index is 0.0473. The fourth-order valence-corrected chi connectivity index (χ4v) is 1.89. The summed E-state index contributed by atoms with van der Waals surface area (Å²) in [6.45, 7) is 4.48. The lowest BCUT2D eigenvalue weighted by atomic mass is 10.0. The van der Waals surface area contributed by atoms with E-state index in [2.05, 4.69) is 17.9 Å². The molecule has 0 saturated heterocycles. The molecule has 0 aliphatic rings. The predicted molar refractivity (Wildman–Crippen MR) is 79.3 cm³/mol. The van der Waals surface area contributed by atoms with Crippen LogP contribution in [-0.4, -0.2) is 17.2 Å². The summed E-state index contributed by atoms with van der Waals surface area (Å²) in [6.07, 6.45) is 0. The Morgan fingerprint density at radius 2 is 1.83 bits per heavy atom. The van der Waals surface area contributed by atoms with Gasteiger partial charge in [-0.1, -0.05) is 36.4 Å². The first-order chi connectivity index (χ1) is 8.47. The van der Waals surface area contributed by atoms with Crippen molar-refractivity contribution in [1.29, 1.82) is 0 Å². The average molecular weight is 259 g/mol. The van der Waals surface area contributed by atoms with Gasteiger partial charge in [0, 0.05) is 16.9 Å². The molecule has 2 aromatic rings. The molecule has 0 spiro atoms. The van der Waals surface area contributed by atoms with Crippen LogP contribution in [0.5, 0.6) is 0 Å². The van der Waals surface area contributed by atoms with Crippen molar-refractivity contribution in [1.82, 2.24) is 5.32 Å². The van der Waals surface area contributed by atoms with Gasteiger partial charge in [-0.15, -0.1) is 0 Å². The van der Waals surface area contributed by atoms with Crippen LogP contribution in [0.4, 0.5) is 0 Å². The first-order valence-electron chi connectivity index (χ1n) is 5.96. The average Bonchev–Trinajstić information content (AvgIpc) is 2.34. The lowest BCUT2D eigenvalue weighted by Crippen LogP contribution is -2.34. The van der Waals surface area contributed by atoms with Gasteiger partial charge < -0.3 is 5.32 Å². The van der Waals surface area contributed by atoms with Crippen LogP contribution in [-0.2, 0) is 0 Å². The monoisotopic (exact) mass is 259 g/mol. The molecule has 2 nitrogen and oxygen atoms in total. The quantitative estimate of drug-likeness (QED) is 0.814. The van der Waals surface area contributed by atoms with Gasteiger partial charge >= 0.3 is 0 Å². The normalized spacial score (nSPS) is 11.5. The summed E-state index contributed by atoms with van der Waals surface area (Å²) < 4.78 is -0.208. The van der Waals surface area contributed by atoms with Crippen molar-refractivity contribution in [3.63, 3.8) is 0 Å². The number of benzene rings is 2. The van der Waals surface area contributed by atoms with Gasteiger partial charge in [-0.3, -0.25) is 4.79 Å². The molecule has 0 aliphatic carbocycles. The van der Waals surface area contributed by atoms with E-state index in [9.17, 15) is 4.79 Å². The predicted octanol–water partition coefficient (Wildman–Crippen LogP) is 3.28. The standard InChI is InChI=1S/C15H17NOS/c1-15(2,18)10-16-14(17)13-9-5-7-11-6-3-4-8-12(11)13/h3-9,18H,10H2,1-2H3,(H,16,17). The molecule has 2 aromatic carbocycles. The van der Waals surface area contributed by atoms with E-state index < -0.39 is 0 Å². The van der Waals surface area contributed by atoms with E-state index in [0.29, 0.717) is 12.1 Å². The molecule has 0 saturated carbocycles. The Hall–Kier alpha value is -1.48. The third-order valence-electron chi connectivity index (χ3n) is 2.72. The fraction of sp³-hybridized carbons (Fsp3) is 0.267. The van der Waals surface area contributed by atoms with Crippen molar-refractivity contribution in [2.75, 3.05) is 6.54 Å². The molecular formula is C15H17NOS. The van der Waals surface area contributed by atoms with E-state index in [1.165, 1.54) is 0 Å². The van der Waals surface area contributed by atoms with Crippen LogP contribution in [0, 0.1) is 0 Å². The minimum atomic E-state index is -0.208. The van der Waals surface area contributed by atoms with Crippen LogP contribution in [0.1, 0.15) is 24.2 Å². The summed E-state index contributed by atoms with van der Waals surface area (Å²) in [5.74, 6) is -0.0473. The Labute approximate surface area is 113 Å². The van der Waals surface area contributed by atoms with Gasteiger partial charge in [0.05, 0.1) is 0 Å². The van der Waals surface area contributed by atoms with Crippen molar-refractivity contribution in [2.45, 2.75) is 18.6 Å². The number of hydrogen-bond acceptors (Lipinski definition) is 2. The van der Waals surface area contributed by atoms with Gasteiger partial charge in [0.15, 0.2) is 0 Å². The van der Waals surface area contributed by atoms with E-state index in [-0.39, 0.29) is 10.7 Å². The Morgan fingerprint density at radius 1 is 1.17 bits per heavy atom. The van der Waals surface area contributed by atoms with E-state index in [4.69, 9.17) is 0 Å². The van der Waals surface area contributed by atoms with Crippen molar-refractivity contribution >= 4 is 29.3 Å². The molecule has 3 heteroatoms. The largest absolute Gasteiger partial charge is 0.351 e. The van der Waals surface area contributed by atoms with Gasteiger partial charge in [-0.25, -0.2) is 0 Å². The zero-order chi connectivity index (χ0) is 13.2. The number of rotatable bonds is 3. The first kappa shape index (κ1) is 13.0. The molecule has 0 atom stereocenters. The van der Waals surface area contributed by atoms with Crippen LogP contribution in [0.3, 0.4) is 0 Å². The topological polar surface area (TPSA) is 29.1 Å². The Morgan fingerprint density at radius 3 is 2.56 bits per heavy atom. The fourth-order valence-electron chi connectivity index (χ4n) is 1.82. The highest BCUT2D eigenvalue weighted by Crippen LogP contribution is 2.18. The summed E-state index contributed by atoms with van der Waals surface area (Å²) >= 11 is 4.40. The molecule has 0 aromatic heterocycles. The van der Waals surface area contributed by atoms with Gasteiger partial charge in [-0.2, -0.15) is 12.6 Å². The maximum atomic E-state index is 12.2. The van der Waals surface area contributed by atoms with Crippen molar-refractivity contribution in [3.8, 4) is 0 Å². The zero-order valence-corrected chi connectivity index (χ0v) is 11.5. The first-order valence-corrected chi connectivity index (χ1v) is 6.40. The second kappa shape index (κ2) is 5.02. The highest BCUT2D eigenvalue weighted by Gasteiger charge is 2.15. The number of hydrogen-bond donors (Lipinski definition) is 2. The summed E-state index contributed by atoms with van der Waals surface area (Å²) in [6, 6.07) is 13.7. The third-order valence-corrected chi connectivity index (χ3v) is 2.87. The Kier molecular flexibility index (Phi) is 3.62. The number of amides is 1. The lowest BCUT2D eigenvalue weighted by Gasteiger charge is -2.18. The number of fused-ring (bicyclic) bond motifs is 1. The molecule has 1 N–H and O–H groups in total. The second-order valence-electron chi connectivity index (χ2n) is 5.02. The van der Waals surface area contributed by atoms with Gasteiger partial charge in [-0.05, 0) is 30.7 Å². The van der Waals surface area contributed by atoms with Crippen molar-refractivity contribution in [3.05, 3.63) is 48.0 Å². The van der Waals surface area contributed by atoms with Gasteiger partial charge in [0.2, 0.25) is 0 Å². The lowest BCUT2D eigenvalue weighted by molar-refractivity contribution is 0.0952. The Balaban J connectivity index is 2.28. The van der Waals surface area contributed by atoms with Crippen LogP contribution in [0.25, 0.3) is 10.8 Å². The summed E-state index contributed by atoms with van der Waals surface area (Å²) in [7, 11) is 0. The Bertz CT molecular complexity index is 567. The summed E-state index contributed by atoms with van der Waals surface area (Å²) in [5, 5.41) is 4.98. The van der Waals surface area contributed by atoms with E-state index in [0.717, 1.165) is 10.8 Å². The number of thiol groups is 1. The maximum absolute atomic E-state index is 12.2. The van der Waals surface area contributed by atoms with E-state index >= 15 is 0 Å². The van der Waals surface area contributed by atoms with E-state index in [1.54, 1.807) is 0 Å². The number of carbonyl (C=O) groups is 1.